The van der Waals surface area contributed by atoms with E-state index in [1.54, 1.807) is 29.2 Å². The van der Waals surface area contributed by atoms with Crippen molar-refractivity contribution in [3.05, 3.63) is 41.7 Å². The average molecular weight is 672 g/mol. The van der Waals surface area contributed by atoms with E-state index in [0.717, 1.165) is 5.56 Å². The van der Waals surface area contributed by atoms with Crippen LogP contribution in [0.25, 0.3) is 0 Å². The van der Waals surface area contributed by atoms with Crippen LogP contribution in [0.2, 0.25) is 0 Å². The molecule has 0 saturated heterocycles. The van der Waals surface area contributed by atoms with Gasteiger partial charge in [0, 0.05) is 38.8 Å². The molecule has 0 spiro atoms. The van der Waals surface area contributed by atoms with Gasteiger partial charge in [0.1, 0.15) is 17.8 Å². The van der Waals surface area contributed by atoms with E-state index in [2.05, 4.69) is 31.5 Å². The van der Waals surface area contributed by atoms with E-state index in [1.165, 1.54) is 20.2 Å². The van der Waals surface area contributed by atoms with Gasteiger partial charge in [-0.05, 0) is 68.7 Å². The van der Waals surface area contributed by atoms with E-state index < -0.39 is 30.0 Å². The zero-order valence-corrected chi connectivity index (χ0v) is 28.2. The molecule has 2 bridgehead atoms. The monoisotopic (exact) mass is 671 g/mol. The third-order valence-electron chi connectivity index (χ3n) is 7.75. The van der Waals surface area contributed by atoms with Crippen LogP contribution in [0.3, 0.4) is 0 Å². The van der Waals surface area contributed by atoms with Crippen molar-refractivity contribution in [3.8, 4) is 11.5 Å². The summed E-state index contributed by atoms with van der Waals surface area (Å²) in [5.41, 5.74) is 1.12. The van der Waals surface area contributed by atoms with Crippen molar-refractivity contribution in [3.63, 3.8) is 0 Å². The smallest absolute Gasteiger partial charge is 0.271 e. The highest BCUT2D eigenvalue weighted by molar-refractivity contribution is 5.93. The van der Waals surface area contributed by atoms with Crippen molar-refractivity contribution in [1.29, 1.82) is 0 Å². The van der Waals surface area contributed by atoms with Gasteiger partial charge in [-0.1, -0.05) is 19.9 Å². The van der Waals surface area contributed by atoms with Gasteiger partial charge >= 0.3 is 0 Å². The van der Waals surface area contributed by atoms with Crippen LogP contribution in [0, 0.1) is 5.92 Å². The van der Waals surface area contributed by atoms with E-state index in [1.807, 2.05) is 13.8 Å². The second-order valence-corrected chi connectivity index (χ2v) is 12.2. The lowest BCUT2D eigenvalue weighted by molar-refractivity contribution is -0.134. The number of hydrogen-bond acceptors (Lipinski definition) is 9. The Hall–Kier alpha value is -4.66. The first kappa shape index (κ1) is 37.8. The first-order chi connectivity index (χ1) is 23.0. The molecule has 0 saturated carbocycles. The van der Waals surface area contributed by atoms with E-state index in [-0.39, 0.29) is 43.2 Å². The number of methoxy groups -OCH3 is 1. The molecular weight excluding hydrogens is 622 g/mol. The van der Waals surface area contributed by atoms with E-state index in [9.17, 15) is 29.1 Å². The molecular formula is C33H49N7O8. The molecule has 2 aliphatic heterocycles. The molecule has 1 aromatic carbocycles. The maximum absolute atomic E-state index is 13.3. The lowest BCUT2D eigenvalue weighted by Gasteiger charge is -2.26. The van der Waals surface area contributed by atoms with Gasteiger partial charge in [-0.2, -0.15) is 5.10 Å². The standard InChI is InChI=1S/C33H49N7O8/c1-21(2)18-25-31(44)38-30(22(3)41)32(45)35-13-5-6-16-40(33(46)24-12-15-36-39-24)17-7-14-34-29(43)20-48-26-10-8-23(19-27(26)47-4)9-11-28(42)37-25/h8,10,12,15,19,21-22,25,30,41H,5-7,9,11,13-14,16-18,20H2,1-4H3,(H,34,43)(H,35,45)(H,36,39)(H,37,42)(H,38,44)/t22-,25-,30+/m1/s1. The molecule has 264 valence electrons. The number of carbonyl (C=O) groups excluding carboxylic acids is 5. The minimum Gasteiger partial charge on any atom is -0.493 e. The first-order valence-corrected chi connectivity index (χ1v) is 16.4. The van der Waals surface area contributed by atoms with Gasteiger partial charge in [-0.25, -0.2) is 0 Å². The fourth-order valence-electron chi connectivity index (χ4n) is 5.17. The van der Waals surface area contributed by atoms with E-state index in [0.29, 0.717) is 68.9 Å². The topological polar surface area (TPSA) is 204 Å². The zero-order chi connectivity index (χ0) is 35.1. The molecule has 15 nitrogen and oxygen atoms in total. The van der Waals surface area contributed by atoms with Crippen LogP contribution < -0.4 is 30.7 Å². The first-order valence-electron chi connectivity index (χ1n) is 16.4. The van der Waals surface area contributed by atoms with Gasteiger partial charge in [-0.15, -0.1) is 0 Å². The number of rotatable bonds is 5. The molecule has 0 aliphatic carbocycles. The second kappa shape index (κ2) is 19.2. The number of aliphatic hydroxyl groups is 1. The molecule has 15 heteroatoms. The number of benzene rings is 1. The summed E-state index contributed by atoms with van der Waals surface area (Å²) in [4.78, 5) is 66.5. The summed E-state index contributed by atoms with van der Waals surface area (Å²) in [6.45, 7) is 6.31. The number of fused-ring (bicyclic) bond motifs is 23. The minimum atomic E-state index is -1.23. The fraction of sp³-hybridized carbons (Fsp3) is 0.576. The Bertz CT molecular complexity index is 1370. The summed E-state index contributed by atoms with van der Waals surface area (Å²) < 4.78 is 11.1. The highest BCUT2D eigenvalue weighted by atomic mass is 16.5. The number of aryl methyl sites for hydroxylation is 1. The largest absolute Gasteiger partial charge is 0.493 e. The van der Waals surface area contributed by atoms with Gasteiger partial charge in [-0.3, -0.25) is 29.1 Å². The molecule has 0 unspecified atom stereocenters. The predicted octanol–water partition coefficient (Wildman–Crippen LogP) is 0.685. The number of nitrogens with one attached hydrogen (secondary N) is 5. The van der Waals surface area contributed by atoms with Gasteiger partial charge in [0.25, 0.3) is 11.8 Å². The highest BCUT2D eigenvalue weighted by Crippen LogP contribution is 2.28. The lowest BCUT2D eigenvalue weighted by Crippen LogP contribution is -2.57. The highest BCUT2D eigenvalue weighted by Gasteiger charge is 2.30. The van der Waals surface area contributed by atoms with Crippen LogP contribution in [0.15, 0.2) is 30.5 Å². The number of carbonyl (C=O) groups is 5. The molecule has 3 atom stereocenters. The zero-order valence-electron chi connectivity index (χ0n) is 28.2. The molecule has 2 aromatic rings. The molecule has 0 radical (unpaired) electrons. The van der Waals surface area contributed by atoms with Crippen molar-refractivity contribution in [2.24, 2.45) is 5.92 Å². The Morgan fingerprint density at radius 2 is 1.73 bits per heavy atom. The molecule has 5 amide bonds. The maximum atomic E-state index is 13.3. The van der Waals surface area contributed by atoms with Gasteiger partial charge in [0.05, 0.1) is 13.2 Å². The van der Waals surface area contributed by atoms with Crippen LogP contribution in [0.5, 0.6) is 11.5 Å². The Kier molecular flexibility index (Phi) is 15.1. The number of hydrogen-bond donors (Lipinski definition) is 6. The molecule has 0 fully saturated rings. The van der Waals surface area contributed by atoms with Crippen LogP contribution in [-0.2, 0) is 25.6 Å². The van der Waals surface area contributed by atoms with Gasteiger partial charge < -0.3 is 40.7 Å². The van der Waals surface area contributed by atoms with E-state index >= 15 is 0 Å². The lowest BCUT2D eigenvalue weighted by atomic mass is 10.0. The van der Waals surface area contributed by atoms with Crippen LogP contribution in [0.1, 0.15) is 68.9 Å². The van der Waals surface area contributed by atoms with E-state index in [4.69, 9.17) is 9.47 Å². The Labute approximate surface area is 280 Å². The fourth-order valence-corrected chi connectivity index (χ4v) is 5.17. The van der Waals surface area contributed by atoms with Crippen molar-refractivity contribution in [2.75, 3.05) is 39.9 Å². The molecule has 48 heavy (non-hydrogen) atoms. The number of H-pyrrole nitrogens is 1. The summed E-state index contributed by atoms with van der Waals surface area (Å²) in [7, 11) is 1.48. The summed E-state index contributed by atoms with van der Waals surface area (Å²) >= 11 is 0. The minimum absolute atomic E-state index is 0.0545. The average Bonchev–Trinajstić information content (AvgIpc) is 3.60. The molecule has 3 heterocycles. The normalized spacial score (nSPS) is 20.6. The van der Waals surface area contributed by atoms with Crippen LogP contribution >= 0.6 is 0 Å². The molecule has 1 aromatic heterocycles. The van der Waals surface area contributed by atoms with Crippen molar-refractivity contribution < 1.29 is 38.6 Å². The number of aliphatic hydroxyl groups excluding tert-OH is 1. The number of aromatic nitrogens is 2. The third kappa shape index (κ3) is 12.2. The van der Waals surface area contributed by atoms with Crippen LogP contribution in [-0.4, -0.2) is 108 Å². The molecule has 2 aliphatic rings. The molecule has 4 rings (SSSR count). The molecule has 6 N–H and O–H groups in total. The maximum Gasteiger partial charge on any atom is 0.271 e. The van der Waals surface area contributed by atoms with Crippen molar-refractivity contribution in [1.82, 2.24) is 36.4 Å². The second-order valence-electron chi connectivity index (χ2n) is 12.2. The number of nitrogens with zero attached hydrogens (tertiary/aromatic N) is 2. The SMILES string of the molecule is COc1cc2ccc1OCC(=O)NCCCN(C(=O)c1ccn[nH]1)CCCCNC(=O)[C@H]([C@@H](C)O)NC(=O)[C@@H](CC(C)C)NC(=O)CC2. The van der Waals surface area contributed by atoms with Crippen molar-refractivity contribution in [2.45, 2.75) is 77.5 Å². The van der Waals surface area contributed by atoms with Crippen molar-refractivity contribution >= 4 is 29.5 Å². The summed E-state index contributed by atoms with van der Waals surface area (Å²) in [6.07, 6.45) is 2.61. The summed E-state index contributed by atoms with van der Waals surface area (Å²) in [5.74, 6) is -1.24. The third-order valence-corrected chi connectivity index (χ3v) is 7.75. The number of amides is 5. The predicted molar refractivity (Wildman–Crippen MR) is 176 cm³/mol. The number of ether oxygens (including phenoxy) is 2. The van der Waals surface area contributed by atoms with Gasteiger partial charge in [0.15, 0.2) is 18.1 Å². The summed E-state index contributed by atoms with van der Waals surface area (Å²) in [5, 5.41) is 27.9. The van der Waals surface area contributed by atoms with Gasteiger partial charge in [0.2, 0.25) is 17.7 Å². The quantitative estimate of drug-likeness (QED) is 0.247. The number of aromatic amines is 1. The Morgan fingerprint density at radius 1 is 0.979 bits per heavy atom. The Morgan fingerprint density at radius 3 is 2.42 bits per heavy atom. The summed E-state index contributed by atoms with van der Waals surface area (Å²) in [6, 6.07) is 4.59. The Balaban J connectivity index is 1.77. The van der Waals surface area contributed by atoms with Crippen LogP contribution in [0.4, 0.5) is 0 Å².